The normalized spacial score (nSPS) is 11.6. The minimum atomic E-state index is -0.479. The lowest BCUT2D eigenvalue weighted by Gasteiger charge is -2.16. The van der Waals surface area contributed by atoms with Crippen LogP contribution in [0.2, 0.25) is 0 Å². The molecule has 1 atom stereocenters. The van der Waals surface area contributed by atoms with E-state index in [1.165, 1.54) is 23.1 Å². The van der Waals surface area contributed by atoms with Gasteiger partial charge in [-0.1, -0.05) is 71.6 Å². The minimum absolute atomic E-state index is 0.131. The van der Waals surface area contributed by atoms with E-state index < -0.39 is 5.25 Å². The number of para-hydroxylation sites is 1. The zero-order valence-electron chi connectivity index (χ0n) is 16.6. The molecule has 1 aromatic heterocycles. The van der Waals surface area contributed by atoms with Crippen molar-refractivity contribution >= 4 is 46.9 Å². The van der Waals surface area contributed by atoms with Crippen LogP contribution in [0, 0.1) is 3.95 Å². The Bertz CT molecular complexity index is 1210. The highest BCUT2D eigenvalue weighted by molar-refractivity contribution is 8.02. The molecule has 8 heteroatoms. The molecule has 5 nitrogen and oxygen atoms in total. The monoisotopic (exact) mass is 465 g/mol. The molecule has 4 rings (SSSR count). The van der Waals surface area contributed by atoms with E-state index in [1.807, 2.05) is 84.9 Å². The van der Waals surface area contributed by atoms with E-state index in [9.17, 15) is 4.79 Å². The molecule has 4 aromatic rings. The summed E-state index contributed by atoms with van der Waals surface area (Å²) in [4.78, 5) is 13.2. The van der Waals surface area contributed by atoms with Crippen molar-refractivity contribution in [3.05, 3.63) is 94.4 Å². The van der Waals surface area contributed by atoms with Gasteiger partial charge in [-0.3, -0.25) is 4.79 Å². The van der Waals surface area contributed by atoms with Gasteiger partial charge in [0.05, 0.1) is 12.8 Å². The average molecular weight is 466 g/mol. The quantitative estimate of drug-likeness (QED) is 0.262. The number of aromatic nitrogens is 2. The van der Waals surface area contributed by atoms with Crippen LogP contribution in [-0.2, 0) is 4.79 Å². The van der Waals surface area contributed by atoms with E-state index in [4.69, 9.17) is 17.0 Å². The Labute approximate surface area is 193 Å². The Kier molecular flexibility index (Phi) is 6.81. The van der Waals surface area contributed by atoms with Gasteiger partial charge in [-0.2, -0.15) is 0 Å². The summed E-state index contributed by atoms with van der Waals surface area (Å²) >= 11 is 8.30. The summed E-state index contributed by atoms with van der Waals surface area (Å²) in [7, 11) is 1.61. The van der Waals surface area contributed by atoms with Crippen LogP contribution in [-0.4, -0.2) is 22.8 Å². The first-order valence-corrected chi connectivity index (χ1v) is 11.6. The Morgan fingerprint density at radius 2 is 1.68 bits per heavy atom. The molecule has 0 aliphatic carbocycles. The van der Waals surface area contributed by atoms with E-state index in [0.29, 0.717) is 9.64 Å². The predicted molar refractivity (Wildman–Crippen MR) is 129 cm³/mol. The van der Waals surface area contributed by atoms with Crippen molar-refractivity contribution in [2.24, 2.45) is 0 Å². The van der Waals surface area contributed by atoms with Crippen molar-refractivity contribution < 1.29 is 9.53 Å². The van der Waals surface area contributed by atoms with E-state index in [0.717, 1.165) is 21.3 Å². The Morgan fingerprint density at radius 1 is 1.03 bits per heavy atom. The van der Waals surface area contributed by atoms with E-state index in [2.05, 4.69) is 10.4 Å². The number of carbonyl (C=O) groups excluding carboxylic acids is 1. The maximum Gasteiger partial charge on any atom is 0.242 e. The lowest BCUT2D eigenvalue weighted by atomic mass is 10.1. The van der Waals surface area contributed by atoms with Gasteiger partial charge in [-0.05, 0) is 54.2 Å². The van der Waals surface area contributed by atoms with E-state index >= 15 is 0 Å². The largest absolute Gasteiger partial charge is 0.497 e. The Morgan fingerprint density at radius 3 is 2.32 bits per heavy atom. The molecule has 3 aromatic carbocycles. The fourth-order valence-electron chi connectivity index (χ4n) is 2.92. The van der Waals surface area contributed by atoms with Crippen LogP contribution in [0.4, 0.5) is 5.69 Å². The molecule has 0 fully saturated rings. The van der Waals surface area contributed by atoms with Crippen LogP contribution in [0.1, 0.15) is 10.8 Å². The number of methoxy groups -OCH3 is 1. The third-order valence-electron chi connectivity index (χ3n) is 4.45. The van der Waals surface area contributed by atoms with Crippen LogP contribution in [0.25, 0.3) is 5.69 Å². The number of ether oxygens (including phenoxy) is 1. The van der Waals surface area contributed by atoms with Crippen LogP contribution < -0.4 is 10.1 Å². The van der Waals surface area contributed by atoms with Gasteiger partial charge in [0.25, 0.3) is 0 Å². The Hall–Kier alpha value is -2.94. The zero-order chi connectivity index (χ0) is 21.6. The summed E-state index contributed by atoms with van der Waals surface area (Å²) in [5.74, 6) is 0.604. The number of nitrogens with one attached hydrogen (secondary N) is 1. The molecule has 0 aliphatic heterocycles. The second kappa shape index (κ2) is 9.91. The molecular formula is C23H19N3O2S3. The maximum atomic E-state index is 13.2. The number of thioether (sulfide) groups is 1. The smallest absolute Gasteiger partial charge is 0.242 e. The predicted octanol–water partition coefficient (Wildman–Crippen LogP) is 6.14. The van der Waals surface area contributed by atoms with Crippen LogP contribution in [0.5, 0.6) is 5.75 Å². The van der Waals surface area contributed by atoms with Gasteiger partial charge >= 0.3 is 0 Å². The van der Waals surface area contributed by atoms with Gasteiger partial charge in [0.15, 0.2) is 8.29 Å². The molecule has 0 saturated heterocycles. The maximum absolute atomic E-state index is 13.2. The molecule has 0 aliphatic rings. The number of benzene rings is 3. The van der Waals surface area contributed by atoms with Crippen molar-refractivity contribution in [2.45, 2.75) is 9.59 Å². The number of carbonyl (C=O) groups is 1. The first kappa shape index (κ1) is 21.3. The lowest BCUT2D eigenvalue weighted by Crippen LogP contribution is -2.19. The highest BCUT2D eigenvalue weighted by atomic mass is 32.2. The van der Waals surface area contributed by atoms with E-state index in [-0.39, 0.29) is 5.91 Å². The molecule has 31 heavy (non-hydrogen) atoms. The number of amides is 1. The van der Waals surface area contributed by atoms with Crippen molar-refractivity contribution in [1.29, 1.82) is 0 Å². The van der Waals surface area contributed by atoms with Gasteiger partial charge < -0.3 is 10.1 Å². The number of anilines is 1. The number of rotatable bonds is 7. The van der Waals surface area contributed by atoms with Gasteiger partial charge in [0, 0.05) is 5.69 Å². The molecule has 0 saturated carbocycles. The fourth-order valence-corrected chi connectivity index (χ4v) is 5.48. The summed E-state index contributed by atoms with van der Waals surface area (Å²) < 4.78 is 8.28. The zero-order valence-corrected chi connectivity index (χ0v) is 19.0. The highest BCUT2D eigenvalue weighted by Crippen LogP contribution is 2.38. The molecule has 0 bridgehead atoms. The molecule has 156 valence electrons. The van der Waals surface area contributed by atoms with E-state index in [1.54, 1.807) is 11.8 Å². The summed E-state index contributed by atoms with van der Waals surface area (Å²) in [6.45, 7) is 0. The van der Waals surface area contributed by atoms with Crippen molar-refractivity contribution in [1.82, 2.24) is 9.78 Å². The van der Waals surface area contributed by atoms with Crippen LogP contribution in [0.3, 0.4) is 0 Å². The van der Waals surface area contributed by atoms with Crippen molar-refractivity contribution in [3.63, 3.8) is 0 Å². The topological polar surface area (TPSA) is 56.1 Å². The number of hydrogen-bond acceptors (Lipinski definition) is 6. The van der Waals surface area contributed by atoms with Crippen molar-refractivity contribution in [2.75, 3.05) is 12.4 Å². The van der Waals surface area contributed by atoms with Gasteiger partial charge in [-0.25, -0.2) is 4.68 Å². The lowest BCUT2D eigenvalue weighted by molar-refractivity contribution is -0.115. The summed E-state index contributed by atoms with van der Waals surface area (Å²) in [6, 6.07) is 26.7. The van der Waals surface area contributed by atoms with Crippen molar-refractivity contribution in [3.8, 4) is 11.4 Å². The third kappa shape index (κ3) is 5.22. The molecule has 0 radical (unpaired) electrons. The highest BCUT2D eigenvalue weighted by Gasteiger charge is 2.24. The summed E-state index contributed by atoms with van der Waals surface area (Å²) in [6.07, 6.45) is 0. The van der Waals surface area contributed by atoms with Crippen LogP contribution >= 0.6 is 35.3 Å². The standard InChI is InChI=1S/C23H19N3O2S3/c1-28-19-14-12-17(13-15-19)24-21(27)20(16-8-4-2-5-9-16)30-22-25-26(23(29)31-22)18-10-6-3-7-11-18/h2-15,20H,1H3,(H,24,27). The fraction of sp³-hybridized carbons (Fsp3) is 0.0870. The number of hydrogen-bond donors (Lipinski definition) is 1. The Balaban J connectivity index is 1.60. The van der Waals surface area contributed by atoms with Gasteiger partial charge in [0.2, 0.25) is 5.91 Å². The molecule has 1 amide bonds. The molecule has 1 unspecified atom stereocenters. The SMILES string of the molecule is COc1ccc(NC(=O)C(Sc2nn(-c3ccccc3)c(=S)s2)c2ccccc2)cc1. The van der Waals surface area contributed by atoms with Gasteiger partial charge in [-0.15, -0.1) is 5.10 Å². The number of nitrogens with zero attached hydrogens (tertiary/aromatic N) is 2. The molecule has 1 heterocycles. The molecular weight excluding hydrogens is 446 g/mol. The van der Waals surface area contributed by atoms with Gasteiger partial charge in [0.1, 0.15) is 11.0 Å². The summed E-state index contributed by atoms with van der Waals surface area (Å²) in [5, 5.41) is 7.17. The second-order valence-corrected chi connectivity index (χ2v) is 9.48. The first-order chi connectivity index (χ1) is 15.1. The molecule has 0 spiro atoms. The third-order valence-corrected chi connectivity index (χ3v) is 7.02. The van der Waals surface area contributed by atoms with Crippen LogP contribution in [0.15, 0.2) is 89.3 Å². The first-order valence-electron chi connectivity index (χ1n) is 9.46. The summed E-state index contributed by atoms with van der Waals surface area (Å²) in [5.41, 5.74) is 2.50. The average Bonchev–Trinajstić information content (AvgIpc) is 3.19. The minimum Gasteiger partial charge on any atom is -0.497 e. The molecule has 1 N–H and O–H groups in total. The second-order valence-electron chi connectivity index (χ2n) is 6.51.